The number of ether oxygens (including phenoxy) is 1. The molecule has 1 N–H and O–H groups in total. The maximum Gasteiger partial charge on any atom is 0.247 e. The minimum absolute atomic E-state index is 0.0721. The molecule has 2 fully saturated rings. The third-order valence-electron chi connectivity index (χ3n) is 6.42. The van der Waals surface area contributed by atoms with Crippen molar-refractivity contribution in [2.24, 2.45) is 17.8 Å². The quantitative estimate of drug-likeness (QED) is 0.680. The Morgan fingerprint density at radius 3 is 2.66 bits per heavy atom. The molecule has 0 saturated heterocycles. The first-order valence-corrected chi connectivity index (χ1v) is 12.8. The van der Waals surface area contributed by atoms with Crippen LogP contribution in [0.15, 0.2) is 23.1 Å². The van der Waals surface area contributed by atoms with Crippen molar-refractivity contribution >= 4 is 15.9 Å². The molecule has 0 spiro atoms. The molecular formula is C24H32N2O5S. The monoisotopic (exact) mass is 460 g/mol. The Morgan fingerprint density at radius 2 is 2.03 bits per heavy atom. The molecule has 1 heterocycles. The van der Waals surface area contributed by atoms with E-state index in [0.717, 1.165) is 25.7 Å². The number of carbonyl (C=O) groups excluding carboxylic acids is 1. The van der Waals surface area contributed by atoms with Crippen LogP contribution in [0, 0.1) is 29.6 Å². The lowest BCUT2D eigenvalue weighted by molar-refractivity contribution is -0.132. The molecule has 7 nitrogen and oxygen atoms in total. The fraction of sp³-hybridized carbons (Fsp3) is 0.625. The second-order valence-corrected chi connectivity index (χ2v) is 11.3. The highest BCUT2D eigenvalue weighted by molar-refractivity contribution is 7.89. The number of aliphatic hydroxyl groups excluding tert-OH is 1. The van der Waals surface area contributed by atoms with Crippen LogP contribution in [0.25, 0.3) is 0 Å². The summed E-state index contributed by atoms with van der Waals surface area (Å²) in [6.45, 7) is 3.91. The van der Waals surface area contributed by atoms with Crippen LogP contribution in [0.3, 0.4) is 0 Å². The highest BCUT2D eigenvalue weighted by Crippen LogP contribution is 2.35. The fourth-order valence-electron chi connectivity index (χ4n) is 3.94. The summed E-state index contributed by atoms with van der Waals surface area (Å²) in [4.78, 5) is 14.3. The van der Waals surface area contributed by atoms with Gasteiger partial charge in [-0.25, -0.2) is 8.42 Å². The van der Waals surface area contributed by atoms with Gasteiger partial charge < -0.3 is 14.7 Å². The summed E-state index contributed by atoms with van der Waals surface area (Å²) in [5, 5.41) is 9.73. The van der Waals surface area contributed by atoms with E-state index in [9.17, 15) is 18.3 Å². The van der Waals surface area contributed by atoms with Crippen molar-refractivity contribution in [3.8, 4) is 17.6 Å². The highest BCUT2D eigenvalue weighted by atomic mass is 32.2. The van der Waals surface area contributed by atoms with Crippen molar-refractivity contribution in [2.45, 2.75) is 56.6 Å². The van der Waals surface area contributed by atoms with E-state index in [1.165, 1.54) is 4.31 Å². The van der Waals surface area contributed by atoms with Crippen LogP contribution in [0.2, 0.25) is 0 Å². The third-order valence-corrected chi connectivity index (χ3v) is 8.44. The van der Waals surface area contributed by atoms with Crippen LogP contribution >= 0.6 is 0 Å². The SMILES string of the molecule is C[C@H](CO)N1C[C@H](C)[C@H](CN(C)C(=O)C2CC2)Oc2cc(C#CC3CC3)ccc2S1(=O)=O. The van der Waals surface area contributed by atoms with Crippen molar-refractivity contribution in [2.75, 3.05) is 26.7 Å². The molecule has 1 amide bonds. The molecule has 4 rings (SSSR count). The second-order valence-electron chi connectivity index (χ2n) is 9.44. The number of amides is 1. The number of carbonyl (C=O) groups is 1. The lowest BCUT2D eigenvalue weighted by atomic mass is 10.0. The molecule has 0 radical (unpaired) electrons. The van der Waals surface area contributed by atoms with Gasteiger partial charge in [-0.15, -0.1) is 0 Å². The topological polar surface area (TPSA) is 87.2 Å². The van der Waals surface area contributed by atoms with Gasteiger partial charge in [0.25, 0.3) is 0 Å². The van der Waals surface area contributed by atoms with E-state index >= 15 is 0 Å². The lowest BCUT2D eigenvalue weighted by Gasteiger charge is -2.37. The van der Waals surface area contributed by atoms with Gasteiger partial charge in [-0.2, -0.15) is 4.31 Å². The molecule has 1 aliphatic heterocycles. The number of benzene rings is 1. The number of rotatable bonds is 5. The van der Waals surface area contributed by atoms with E-state index in [1.807, 2.05) is 6.92 Å². The van der Waals surface area contributed by atoms with Crippen molar-refractivity contribution in [1.82, 2.24) is 9.21 Å². The molecule has 3 atom stereocenters. The van der Waals surface area contributed by atoms with Crippen LogP contribution in [0.1, 0.15) is 45.1 Å². The molecule has 0 bridgehead atoms. The molecule has 0 unspecified atom stereocenters. The van der Waals surface area contributed by atoms with Gasteiger partial charge in [0.05, 0.1) is 13.2 Å². The standard InChI is InChI=1S/C24H32N2O5S/c1-16-13-26(17(2)15-27)32(29,30)23-11-8-19(7-6-18-4-5-18)12-21(23)31-22(16)14-25(3)24(28)20-9-10-20/h8,11-12,16-18,20,22,27H,4-5,9-10,13-15H2,1-3H3/t16-,17+,22-/m0/s1. The Hall–Kier alpha value is -2.08. The van der Waals surface area contributed by atoms with Crippen LogP contribution in [-0.2, 0) is 14.8 Å². The summed E-state index contributed by atoms with van der Waals surface area (Å²) in [5.41, 5.74) is 0.710. The zero-order valence-corrected chi connectivity index (χ0v) is 19.8. The highest BCUT2D eigenvalue weighted by Gasteiger charge is 2.39. The van der Waals surface area contributed by atoms with Gasteiger partial charge in [-0.3, -0.25) is 4.79 Å². The first-order chi connectivity index (χ1) is 15.2. The normalized spacial score (nSPS) is 25.9. The number of nitrogens with zero attached hydrogens (tertiary/aromatic N) is 2. The summed E-state index contributed by atoms with van der Waals surface area (Å²) in [7, 11) is -2.10. The Labute approximate surface area is 190 Å². The number of aliphatic hydroxyl groups is 1. The first kappa shape index (κ1) is 23.1. The van der Waals surface area contributed by atoms with Crippen molar-refractivity contribution in [3.63, 3.8) is 0 Å². The van der Waals surface area contributed by atoms with Gasteiger partial charge in [0, 0.05) is 43.0 Å². The Morgan fingerprint density at radius 1 is 1.31 bits per heavy atom. The van der Waals surface area contributed by atoms with E-state index in [-0.39, 0.29) is 41.5 Å². The molecule has 1 aromatic rings. The third kappa shape index (κ3) is 4.95. The molecule has 32 heavy (non-hydrogen) atoms. The summed E-state index contributed by atoms with van der Waals surface area (Å²) in [5.74, 6) is 7.04. The van der Waals surface area contributed by atoms with Gasteiger partial charge >= 0.3 is 0 Å². The molecule has 2 saturated carbocycles. The van der Waals surface area contributed by atoms with Crippen molar-refractivity contribution in [3.05, 3.63) is 23.8 Å². The molecule has 3 aliphatic rings. The summed E-state index contributed by atoms with van der Waals surface area (Å²) in [6, 6.07) is 4.37. The van der Waals surface area contributed by atoms with Gasteiger partial charge in [0.1, 0.15) is 16.7 Å². The van der Waals surface area contributed by atoms with Gasteiger partial charge in [-0.05, 0) is 50.8 Å². The van der Waals surface area contributed by atoms with E-state index in [4.69, 9.17) is 4.74 Å². The number of hydrogen-bond acceptors (Lipinski definition) is 5. The lowest BCUT2D eigenvalue weighted by Crippen LogP contribution is -2.50. The molecular weight excluding hydrogens is 428 g/mol. The van der Waals surface area contributed by atoms with Crippen LogP contribution < -0.4 is 4.74 Å². The van der Waals surface area contributed by atoms with Gasteiger partial charge in [-0.1, -0.05) is 18.8 Å². The molecule has 1 aromatic carbocycles. The van der Waals surface area contributed by atoms with E-state index in [2.05, 4.69) is 11.8 Å². The molecule has 8 heteroatoms. The van der Waals surface area contributed by atoms with Crippen molar-refractivity contribution < 1.29 is 23.1 Å². The Kier molecular flexibility index (Phi) is 6.53. The smallest absolute Gasteiger partial charge is 0.247 e. The average Bonchev–Trinajstić information content (AvgIpc) is 3.67. The Balaban J connectivity index is 1.70. The molecule has 2 aliphatic carbocycles. The van der Waals surface area contributed by atoms with Crippen LogP contribution in [0.4, 0.5) is 0 Å². The van der Waals surface area contributed by atoms with E-state index < -0.39 is 22.2 Å². The molecule has 174 valence electrons. The number of hydrogen-bond donors (Lipinski definition) is 1. The van der Waals surface area contributed by atoms with Crippen LogP contribution in [0.5, 0.6) is 5.75 Å². The van der Waals surface area contributed by atoms with E-state index in [0.29, 0.717) is 18.0 Å². The minimum atomic E-state index is -3.87. The maximum atomic E-state index is 13.5. The number of fused-ring (bicyclic) bond motifs is 1. The largest absolute Gasteiger partial charge is 0.487 e. The Bertz CT molecular complexity index is 1040. The van der Waals surface area contributed by atoms with E-state index in [1.54, 1.807) is 37.1 Å². The van der Waals surface area contributed by atoms with Crippen molar-refractivity contribution in [1.29, 1.82) is 0 Å². The summed E-state index contributed by atoms with van der Waals surface area (Å²) in [6.07, 6.45) is 3.68. The zero-order chi connectivity index (χ0) is 23.0. The fourth-order valence-corrected chi connectivity index (χ4v) is 5.76. The first-order valence-electron chi connectivity index (χ1n) is 11.4. The summed E-state index contributed by atoms with van der Waals surface area (Å²) < 4.78 is 34.6. The zero-order valence-electron chi connectivity index (χ0n) is 19.0. The predicted molar refractivity (Wildman–Crippen MR) is 120 cm³/mol. The van der Waals surface area contributed by atoms with Gasteiger partial charge in [0.2, 0.25) is 15.9 Å². The predicted octanol–water partition coefficient (Wildman–Crippen LogP) is 2.09. The van der Waals surface area contributed by atoms with Crippen LogP contribution in [-0.4, -0.2) is 67.5 Å². The number of likely N-dealkylation sites (N-methyl/N-ethyl adjacent to an activating group) is 1. The van der Waals surface area contributed by atoms with Gasteiger partial charge in [0.15, 0.2) is 0 Å². The number of sulfonamides is 1. The maximum absolute atomic E-state index is 13.5. The second kappa shape index (κ2) is 9.05. The average molecular weight is 461 g/mol. The minimum Gasteiger partial charge on any atom is -0.487 e. The summed E-state index contributed by atoms with van der Waals surface area (Å²) >= 11 is 0. The molecule has 0 aromatic heterocycles.